The van der Waals surface area contributed by atoms with Crippen molar-refractivity contribution < 1.29 is 34.7 Å². The quantitative estimate of drug-likeness (QED) is 0.378. The van der Waals surface area contributed by atoms with Crippen molar-refractivity contribution in [1.29, 1.82) is 0 Å². The van der Waals surface area contributed by atoms with Gasteiger partial charge in [-0.2, -0.15) is 16.8 Å². The molecule has 0 bridgehead atoms. The third-order valence-corrected chi connectivity index (χ3v) is 3.05. The van der Waals surface area contributed by atoms with Crippen molar-refractivity contribution in [3.63, 3.8) is 0 Å². The van der Waals surface area contributed by atoms with E-state index in [2.05, 4.69) is 9.50 Å². The summed E-state index contributed by atoms with van der Waals surface area (Å²) in [5.74, 6) is 0. The van der Waals surface area contributed by atoms with E-state index in [1.54, 1.807) is 20.8 Å². The molecule has 0 aromatic heterocycles. The van der Waals surface area contributed by atoms with E-state index in [-0.39, 0.29) is 19.4 Å². The van der Waals surface area contributed by atoms with Crippen LogP contribution >= 0.6 is 0 Å². The lowest BCUT2D eigenvalue weighted by molar-refractivity contribution is 0.0387. The lowest BCUT2D eigenvalue weighted by atomic mass is 10.2. The number of rotatable bonds is 8. The Balaban J connectivity index is 4.54. The molecule has 0 saturated heterocycles. The summed E-state index contributed by atoms with van der Waals surface area (Å²) in [7, 11) is -7.38. The van der Waals surface area contributed by atoms with Gasteiger partial charge >= 0.3 is 6.09 Å². The molecule has 0 rings (SSSR count). The highest BCUT2D eigenvalue weighted by molar-refractivity contribution is 7.86. The van der Waals surface area contributed by atoms with Gasteiger partial charge in [0, 0.05) is 0 Å². The van der Waals surface area contributed by atoms with Gasteiger partial charge in [0.15, 0.2) is 6.23 Å². The van der Waals surface area contributed by atoms with Crippen LogP contribution in [-0.4, -0.2) is 53.9 Å². The van der Waals surface area contributed by atoms with Crippen molar-refractivity contribution in [1.82, 2.24) is 5.32 Å². The van der Waals surface area contributed by atoms with E-state index in [9.17, 15) is 21.6 Å². The van der Waals surface area contributed by atoms with Gasteiger partial charge in [-0.25, -0.2) is 8.98 Å². The smallest absolute Gasteiger partial charge is 0.409 e. The fourth-order valence-electron chi connectivity index (χ4n) is 1.27. The Hall–Kier alpha value is -0.910. The van der Waals surface area contributed by atoms with Gasteiger partial charge in [-0.05, 0) is 33.6 Å². The molecule has 0 fully saturated rings. The van der Waals surface area contributed by atoms with Gasteiger partial charge in [-0.3, -0.25) is 9.50 Å². The summed E-state index contributed by atoms with van der Waals surface area (Å²) in [6.07, 6.45) is -0.0938. The minimum atomic E-state index is -3.81. The lowest BCUT2D eigenvalue weighted by Crippen LogP contribution is -2.41. The molecule has 0 saturated carbocycles. The van der Waals surface area contributed by atoms with Crippen LogP contribution in [0.25, 0.3) is 0 Å². The molecule has 132 valence electrons. The Bertz CT molecular complexity index is 561. The number of hydrogen-bond acceptors (Lipinski definition) is 8. The van der Waals surface area contributed by atoms with Crippen LogP contribution in [0.2, 0.25) is 0 Å². The Morgan fingerprint density at radius 1 is 1.09 bits per heavy atom. The van der Waals surface area contributed by atoms with E-state index in [0.717, 1.165) is 12.5 Å². The molecule has 0 spiro atoms. The number of amides is 1. The zero-order valence-electron chi connectivity index (χ0n) is 13.3. The average molecular weight is 361 g/mol. The highest BCUT2D eigenvalue weighted by Crippen LogP contribution is 2.09. The van der Waals surface area contributed by atoms with Crippen LogP contribution in [-0.2, 0) is 33.3 Å². The van der Waals surface area contributed by atoms with Crippen molar-refractivity contribution in [3.05, 3.63) is 0 Å². The van der Waals surface area contributed by atoms with E-state index in [1.165, 1.54) is 0 Å². The minimum Gasteiger partial charge on any atom is -0.444 e. The molecule has 9 nitrogen and oxygen atoms in total. The molecule has 0 aromatic carbocycles. The van der Waals surface area contributed by atoms with Crippen LogP contribution in [0.3, 0.4) is 0 Å². The topological polar surface area (TPSA) is 125 Å². The number of carbonyl (C=O) groups excluding carboxylic acids is 1. The van der Waals surface area contributed by atoms with E-state index in [0.29, 0.717) is 0 Å². The number of nitrogens with one attached hydrogen (secondary N) is 1. The fourth-order valence-corrected chi connectivity index (χ4v) is 2.26. The zero-order valence-corrected chi connectivity index (χ0v) is 14.9. The van der Waals surface area contributed by atoms with Crippen LogP contribution < -0.4 is 5.32 Å². The molecule has 11 heteroatoms. The highest BCUT2D eigenvalue weighted by atomic mass is 32.2. The molecular weight excluding hydrogens is 338 g/mol. The van der Waals surface area contributed by atoms with Crippen LogP contribution in [0.5, 0.6) is 0 Å². The van der Waals surface area contributed by atoms with Crippen LogP contribution in [0.15, 0.2) is 0 Å². The summed E-state index contributed by atoms with van der Waals surface area (Å²) in [5, 5.41) is 2.26. The molecule has 1 unspecified atom stereocenters. The van der Waals surface area contributed by atoms with E-state index in [1.807, 2.05) is 0 Å². The molecule has 0 radical (unpaired) electrons. The number of alkyl carbamates (subject to hydrolysis) is 1. The standard InChI is InChI=1S/C11H23NO8S2/c1-11(2,3)19-10(13)12-9(20-22(5,16)17)7-6-8-18-21(4,14)15/h9H,6-8H2,1-5H3,(H,12,13). The molecule has 1 atom stereocenters. The largest absolute Gasteiger partial charge is 0.444 e. The third-order valence-electron chi connectivity index (χ3n) is 1.88. The molecule has 0 aliphatic heterocycles. The van der Waals surface area contributed by atoms with E-state index >= 15 is 0 Å². The SMILES string of the molecule is CC(C)(C)OC(=O)NC(CCCOS(C)(=O)=O)OS(C)(=O)=O. The molecule has 1 N–H and O–H groups in total. The van der Waals surface area contributed by atoms with E-state index in [4.69, 9.17) is 8.92 Å². The second-order valence-electron chi connectivity index (χ2n) is 5.60. The molecule has 0 aromatic rings. The Morgan fingerprint density at radius 2 is 1.64 bits per heavy atom. The average Bonchev–Trinajstić information content (AvgIpc) is 2.17. The predicted molar refractivity (Wildman–Crippen MR) is 79.1 cm³/mol. The van der Waals surface area contributed by atoms with E-state index < -0.39 is 38.2 Å². The minimum absolute atomic E-state index is 0.0296. The first-order valence-electron chi connectivity index (χ1n) is 6.40. The fraction of sp³-hybridized carbons (Fsp3) is 0.909. The highest BCUT2D eigenvalue weighted by Gasteiger charge is 2.22. The number of carbonyl (C=O) groups is 1. The van der Waals surface area contributed by atoms with Crippen molar-refractivity contribution >= 4 is 26.3 Å². The summed E-state index contributed by atoms with van der Waals surface area (Å²) in [6.45, 7) is 4.80. The predicted octanol–water partition coefficient (Wildman–Crippen LogP) is 0.570. The monoisotopic (exact) mass is 361 g/mol. The summed E-state index contributed by atoms with van der Waals surface area (Å²) in [5.41, 5.74) is -0.751. The van der Waals surface area contributed by atoms with Crippen molar-refractivity contribution in [3.8, 4) is 0 Å². The van der Waals surface area contributed by atoms with Gasteiger partial charge in [0.2, 0.25) is 0 Å². The first-order chi connectivity index (χ1) is 9.68. The van der Waals surface area contributed by atoms with Crippen molar-refractivity contribution in [2.75, 3.05) is 19.1 Å². The molecule has 0 aliphatic carbocycles. The van der Waals surface area contributed by atoms with Gasteiger partial charge in [0.25, 0.3) is 20.2 Å². The summed E-state index contributed by atoms with van der Waals surface area (Å²) in [6, 6.07) is 0. The molecule has 22 heavy (non-hydrogen) atoms. The molecule has 1 amide bonds. The third kappa shape index (κ3) is 14.0. The van der Waals surface area contributed by atoms with Crippen molar-refractivity contribution in [2.45, 2.75) is 45.4 Å². The van der Waals surface area contributed by atoms with Gasteiger partial charge in [-0.1, -0.05) is 0 Å². The summed E-state index contributed by atoms with van der Waals surface area (Å²) < 4.78 is 58.1. The van der Waals surface area contributed by atoms with Crippen LogP contribution in [0, 0.1) is 0 Å². The normalized spacial score (nSPS) is 14.4. The second kappa shape index (κ2) is 8.09. The maximum atomic E-state index is 11.6. The van der Waals surface area contributed by atoms with Gasteiger partial charge in [0.05, 0.1) is 19.1 Å². The number of hydrogen-bond donors (Lipinski definition) is 1. The first kappa shape index (κ1) is 21.1. The van der Waals surface area contributed by atoms with Crippen molar-refractivity contribution in [2.24, 2.45) is 0 Å². The second-order valence-corrected chi connectivity index (χ2v) is 8.85. The molecule has 0 heterocycles. The molecule has 0 aliphatic rings. The first-order valence-corrected chi connectivity index (χ1v) is 10.0. The zero-order chi connectivity index (χ0) is 17.6. The Kier molecular flexibility index (Phi) is 7.75. The van der Waals surface area contributed by atoms with Crippen LogP contribution in [0.4, 0.5) is 4.79 Å². The number of ether oxygens (including phenoxy) is 1. The van der Waals surface area contributed by atoms with Gasteiger partial charge in [-0.15, -0.1) is 0 Å². The van der Waals surface area contributed by atoms with Gasteiger partial charge in [0.1, 0.15) is 5.60 Å². The Morgan fingerprint density at radius 3 is 2.05 bits per heavy atom. The van der Waals surface area contributed by atoms with Gasteiger partial charge < -0.3 is 4.74 Å². The maximum absolute atomic E-state index is 11.6. The summed E-state index contributed by atoms with van der Waals surface area (Å²) in [4.78, 5) is 11.6. The maximum Gasteiger partial charge on any atom is 0.409 e. The lowest BCUT2D eigenvalue weighted by Gasteiger charge is -2.23. The molecular formula is C11H23NO8S2. The summed E-state index contributed by atoms with van der Waals surface area (Å²) >= 11 is 0. The van der Waals surface area contributed by atoms with Crippen LogP contribution in [0.1, 0.15) is 33.6 Å². The Labute approximate surface area is 131 Å².